The van der Waals surface area contributed by atoms with Gasteiger partial charge in [0.05, 0.1) is 6.54 Å². The molecule has 2 saturated heterocycles. The maximum Gasteiger partial charge on any atom is 0.325 e. The van der Waals surface area contributed by atoms with Crippen LogP contribution in [0.15, 0.2) is 42.7 Å². The van der Waals surface area contributed by atoms with E-state index < -0.39 is 0 Å². The molecule has 2 aromatic rings. The Labute approximate surface area is 176 Å². The maximum absolute atomic E-state index is 12.9. The largest absolute Gasteiger partial charge is 0.458 e. The summed E-state index contributed by atoms with van der Waals surface area (Å²) in [5.41, 5.74) is 1.92. The Hall–Kier alpha value is -3.16. The third-order valence-electron chi connectivity index (χ3n) is 5.58. The number of anilines is 1. The number of ether oxygens (including phenoxy) is 1. The van der Waals surface area contributed by atoms with Crippen molar-refractivity contribution in [1.29, 1.82) is 0 Å². The molecule has 0 N–H and O–H groups in total. The van der Waals surface area contributed by atoms with Crippen LogP contribution in [0.2, 0.25) is 0 Å². The minimum absolute atomic E-state index is 0.0474. The number of para-hydroxylation sites is 1. The lowest BCUT2D eigenvalue weighted by atomic mass is 10.1. The molecule has 8 nitrogen and oxygen atoms in total. The van der Waals surface area contributed by atoms with Gasteiger partial charge in [0, 0.05) is 37.7 Å². The molecule has 158 valence electrons. The third kappa shape index (κ3) is 4.53. The highest BCUT2D eigenvalue weighted by Gasteiger charge is 2.33. The van der Waals surface area contributed by atoms with Crippen molar-refractivity contribution in [3.8, 4) is 6.01 Å². The average Bonchev–Trinajstić information content (AvgIpc) is 3.15. The van der Waals surface area contributed by atoms with Crippen molar-refractivity contribution in [2.75, 3.05) is 37.6 Å². The van der Waals surface area contributed by atoms with Crippen LogP contribution < -0.4 is 9.64 Å². The van der Waals surface area contributed by atoms with Crippen LogP contribution in [0.3, 0.4) is 0 Å². The summed E-state index contributed by atoms with van der Waals surface area (Å²) < 4.78 is 5.90. The number of nitrogens with zero attached hydrogens (tertiary/aromatic N) is 5. The predicted octanol–water partition coefficient (Wildman–Crippen LogP) is 2.35. The molecular weight excluding hydrogens is 382 g/mol. The van der Waals surface area contributed by atoms with Crippen LogP contribution in [0.25, 0.3) is 0 Å². The smallest absolute Gasteiger partial charge is 0.325 e. The van der Waals surface area contributed by atoms with E-state index in [0.717, 1.165) is 30.5 Å². The summed E-state index contributed by atoms with van der Waals surface area (Å²) in [6.07, 6.45) is 5.99. The molecule has 2 aliphatic rings. The zero-order chi connectivity index (χ0) is 20.9. The van der Waals surface area contributed by atoms with Crippen LogP contribution >= 0.6 is 0 Å². The summed E-state index contributed by atoms with van der Waals surface area (Å²) in [6, 6.07) is 9.77. The van der Waals surface area contributed by atoms with E-state index in [1.165, 1.54) is 0 Å². The third-order valence-corrected chi connectivity index (χ3v) is 5.58. The highest BCUT2D eigenvalue weighted by molar-refractivity contribution is 5.96. The summed E-state index contributed by atoms with van der Waals surface area (Å²) in [5, 5.41) is 0. The highest BCUT2D eigenvalue weighted by atomic mass is 16.5. The highest BCUT2D eigenvalue weighted by Crippen LogP contribution is 2.21. The first-order valence-electron chi connectivity index (χ1n) is 10.5. The van der Waals surface area contributed by atoms with E-state index in [1.807, 2.05) is 37.3 Å². The topological polar surface area (TPSA) is 78.9 Å². The molecule has 1 aromatic heterocycles. The fraction of sp³-hybridized carbons (Fsp3) is 0.455. The first-order chi connectivity index (χ1) is 14.6. The van der Waals surface area contributed by atoms with Gasteiger partial charge in [-0.05, 0) is 37.0 Å². The van der Waals surface area contributed by atoms with Crippen molar-refractivity contribution in [2.45, 2.75) is 32.3 Å². The number of carbonyl (C=O) groups is 2. The van der Waals surface area contributed by atoms with Gasteiger partial charge in [-0.25, -0.2) is 14.8 Å². The molecule has 30 heavy (non-hydrogen) atoms. The van der Waals surface area contributed by atoms with Crippen molar-refractivity contribution in [3.63, 3.8) is 0 Å². The van der Waals surface area contributed by atoms with Crippen molar-refractivity contribution < 1.29 is 14.3 Å². The van der Waals surface area contributed by atoms with Crippen LogP contribution in [0.4, 0.5) is 10.5 Å². The van der Waals surface area contributed by atoms with Crippen LogP contribution in [0, 0.1) is 0 Å². The lowest BCUT2D eigenvalue weighted by molar-refractivity contribution is -0.134. The SMILES string of the molecule is CCc1cnc(OC2CCCN(C(=O)CN3CCN(c4ccccc4)C3=O)C2)nc1. The number of piperidine rings is 1. The average molecular weight is 409 g/mol. The molecule has 0 bridgehead atoms. The second kappa shape index (κ2) is 9.11. The van der Waals surface area contributed by atoms with Crippen LogP contribution in [-0.4, -0.2) is 70.5 Å². The molecule has 1 aromatic carbocycles. The zero-order valence-corrected chi connectivity index (χ0v) is 17.2. The first kappa shape index (κ1) is 20.1. The van der Waals surface area contributed by atoms with E-state index in [9.17, 15) is 9.59 Å². The Morgan fingerprint density at radius 3 is 2.63 bits per heavy atom. The zero-order valence-electron chi connectivity index (χ0n) is 17.2. The molecule has 0 saturated carbocycles. The van der Waals surface area contributed by atoms with Gasteiger partial charge in [0.15, 0.2) is 0 Å². The molecule has 3 heterocycles. The van der Waals surface area contributed by atoms with Gasteiger partial charge in [-0.3, -0.25) is 9.69 Å². The normalized spacial score (nSPS) is 19.3. The van der Waals surface area contributed by atoms with E-state index in [0.29, 0.717) is 32.2 Å². The Balaban J connectivity index is 1.31. The fourth-order valence-corrected chi connectivity index (χ4v) is 3.84. The molecule has 4 rings (SSSR count). The summed E-state index contributed by atoms with van der Waals surface area (Å²) in [6.45, 7) is 4.45. The number of aryl methyl sites for hydroxylation is 1. The maximum atomic E-state index is 12.9. The lowest BCUT2D eigenvalue weighted by Crippen LogP contribution is -2.48. The number of hydrogen-bond acceptors (Lipinski definition) is 5. The number of aromatic nitrogens is 2. The quantitative estimate of drug-likeness (QED) is 0.732. The Morgan fingerprint density at radius 1 is 1.13 bits per heavy atom. The van der Waals surface area contributed by atoms with Gasteiger partial charge in [0.2, 0.25) is 5.91 Å². The van der Waals surface area contributed by atoms with E-state index in [4.69, 9.17) is 4.74 Å². The van der Waals surface area contributed by atoms with Gasteiger partial charge < -0.3 is 14.5 Å². The van der Waals surface area contributed by atoms with Gasteiger partial charge in [-0.2, -0.15) is 0 Å². The summed E-state index contributed by atoms with van der Waals surface area (Å²) in [7, 11) is 0. The molecule has 1 unspecified atom stereocenters. The lowest BCUT2D eigenvalue weighted by Gasteiger charge is -2.33. The molecule has 2 fully saturated rings. The van der Waals surface area contributed by atoms with Gasteiger partial charge in [-0.15, -0.1) is 0 Å². The van der Waals surface area contributed by atoms with Gasteiger partial charge in [0.1, 0.15) is 12.6 Å². The number of hydrogen-bond donors (Lipinski definition) is 0. The Morgan fingerprint density at radius 2 is 1.90 bits per heavy atom. The van der Waals surface area contributed by atoms with E-state index in [-0.39, 0.29) is 24.6 Å². The molecule has 0 radical (unpaired) electrons. The molecule has 2 aliphatic heterocycles. The Kier molecular flexibility index (Phi) is 6.11. The van der Waals surface area contributed by atoms with E-state index in [1.54, 1.807) is 27.1 Å². The molecule has 3 amide bonds. The first-order valence-corrected chi connectivity index (χ1v) is 10.5. The summed E-state index contributed by atoms with van der Waals surface area (Å²) in [4.78, 5) is 39.2. The minimum atomic E-state index is -0.134. The number of rotatable bonds is 6. The molecule has 1 atom stereocenters. The van der Waals surface area contributed by atoms with Crippen LogP contribution in [0.1, 0.15) is 25.3 Å². The fourth-order valence-electron chi connectivity index (χ4n) is 3.84. The second-order valence-corrected chi connectivity index (χ2v) is 7.64. The minimum Gasteiger partial charge on any atom is -0.458 e. The molecule has 0 spiro atoms. The number of amides is 3. The molecule has 0 aliphatic carbocycles. The van der Waals surface area contributed by atoms with Crippen LogP contribution in [-0.2, 0) is 11.2 Å². The summed E-state index contributed by atoms with van der Waals surface area (Å²) in [5.74, 6) is -0.0474. The van der Waals surface area contributed by atoms with Gasteiger partial charge >= 0.3 is 12.0 Å². The standard InChI is InChI=1S/C22H27N5O3/c1-2-17-13-23-21(24-14-17)30-19-9-6-10-25(15-19)20(28)16-26-11-12-27(22(26)29)18-7-4-3-5-8-18/h3-5,7-8,13-14,19H,2,6,9-12,15-16H2,1H3. The monoisotopic (exact) mass is 409 g/mol. The number of benzene rings is 1. The van der Waals surface area contributed by atoms with Gasteiger partial charge in [0.25, 0.3) is 0 Å². The number of likely N-dealkylation sites (tertiary alicyclic amines) is 1. The summed E-state index contributed by atoms with van der Waals surface area (Å²) >= 11 is 0. The second-order valence-electron chi connectivity index (χ2n) is 7.64. The van der Waals surface area contributed by atoms with E-state index in [2.05, 4.69) is 9.97 Å². The number of carbonyl (C=O) groups excluding carboxylic acids is 2. The van der Waals surface area contributed by atoms with Crippen molar-refractivity contribution in [2.24, 2.45) is 0 Å². The number of urea groups is 1. The molecule has 8 heteroatoms. The van der Waals surface area contributed by atoms with Crippen molar-refractivity contribution >= 4 is 17.6 Å². The molecular formula is C22H27N5O3. The van der Waals surface area contributed by atoms with Gasteiger partial charge in [-0.1, -0.05) is 25.1 Å². The van der Waals surface area contributed by atoms with E-state index >= 15 is 0 Å². The van der Waals surface area contributed by atoms with Crippen molar-refractivity contribution in [3.05, 3.63) is 48.3 Å². The van der Waals surface area contributed by atoms with Crippen molar-refractivity contribution in [1.82, 2.24) is 19.8 Å². The Bertz CT molecular complexity index is 874. The predicted molar refractivity (Wildman–Crippen MR) is 112 cm³/mol. The van der Waals surface area contributed by atoms with Crippen LogP contribution in [0.5, 0.6) is 6.01 Å².